The molecule has 324 valence electrons. The number of nitrogens with one attached hydrogen (secondary N) is 3. The molecule has 7 aliphatic rings. The maximum Gasteiger partial charge on any atom is 0.303 e. The van der Waals surface area contributed by atoms with Gasteiger partial charge in [0.25, 0.3) is 0 Å². The van der Waals surface area contributed by atoms with E-state index in [1.807, 2.05) is 25.1 Å². The zero-order valence-corrected chi connectivity index (χ0v) is 35.7. The molecule has 6 fully saturated rings. The normalized spacial score (nSPS) is 38.8. The summed E-state index contributed by atoms with van der Waals surface area (Å²) in [6, 6.07) is 7.02. The molecule has 6 aliphatic carbocycles. The fourth-order valence-electron chi connectivity index (χ4n) is 13.0. The van der Waals surface area contributed by atoms with Gasteiger partial charge in [0.05, 0.1) is 24.1 Å². The van der Waals surface area contributed by atoms with Gasteiger partial charge in [-0.25, -0.2) is 0 Å². The second-order valence-electron chi connectivity index (χ2n) is 19.1. The van der Waals surface area contributed by atoms with Crippen LogP contribution in [-0.2, 0) is 44.7 Å². The third kappa shape index (κ3) is 7.39. The largest absolute Gasteiger partial charge is 0.481 e. The van der Waals surface area contributed by atoms with Gasteiger partial charge in [0.1, 0.15) is 12.6 Å². The Morgan fingerprint density at radius 1 is 1.02 bits per heavy atom. The van der Waals surface area contributed by atoms with Crippen LogP contribution in [0.5, 0.6) is 0 Å². The van der Waals surface area contributed by atoms with Crippen LogP contribution in [0.1, 0.15) is 95.5 Å². The molecule has 1 spiro atoms. The summed E-state index contributed by atoms with van der Waals surface area (Å²) < 4.78 is 13.4. The number of aliphatic hydroxyl groups excluding tert-OH is 2. The molecule has 0 radical (unpaired) electrons. The predicted molar refractivity (Wildman–Crippen MR) is 219 cm³/mol. The monoisotopic (exact) mass is 893 g/mol. The molecular weight excluding hydrogens is 838 g/mol. The van der Waals surface area contributed by atoms with Crippen LogP contribution in [0.3, 0.4) is 0 Å². The van der Waals surface area contributed by atoms with Crippen molar-refractivity contribution in [1.82, 2.24) is 16.0 Å². The lowest BCUT2D eigenvalue weighted by Crippen LogP contribution is -2.63. The lowest BCUT2D eigenvalue weighted by molar-refractivity contribution is -0.201. The molecule has 1 aliphatic heterocycles. The van der Waals surface area contributed by atoms with E-state index < -0.39 is 71.1 Å². The van der Waals surface area contributed by atoms with Crippen molar-refractivity contribution in [3.8, 4) is 0 Å². The Hall–Kier alpha value is -3.76. The molecule has 0 unspecified atom stereocenters. The zero-order chi connectivity index (χ0) is 42.8. The first-order chi connectivity index (χ1) is 28.5. The van der Waals surface area contributed by atoms with E-state index in [1.54, 1.807) is 12.2 Å². The number of allylic oxidation sites excluding steroid dienone is 4. The number of fused-ring (bicyclic) bond motifs is 7. The number of Topliss-reactive ketones (excluding diaryl/α,β-unsaturated/α-hetero) is 1. The first-order valence-corrected chi connectivity index (χ1v) is 22.5. The molecule has 10 atom stereocenters. The number of carbonyl (C=O) groups excluding carboxylic acids is 5. The Kier molecular flexibility index (Phi) is 11.6. The van der Waals surface area contributed by atoms with Gasteiger partial charge in [0, 0.05) is 34.8 Å². The number of carboxylic acid groups (broad SMARTS) is 1. The third-order valence-corrected chi connectivity index (χ3v) is 16.1. The molecule has 14 nitrogen and oxygen atoms in total. The summed E-state index contributed by atoms with van der Waals surface area (Å²) in [4.78, 5) is 74.3. The van der Waals surface area contributed by atoms with Crippen molar-refractivity contribution in [2.75, 3.05) is 18.5 Å². The highest BCUT2D eigenvalue weighted by Crippen LogP contribution is 2.70. The maximum atomic E-state index is 13.9. The van der Waals surface area contributed by atoms with Crippen molar-refractivity contribution in [3.63, 3.8) is 0 Å². The molecule has 6 N–H and O–H groups in total. The van der Waals surface area contributed by atoms with Crippen molar-refractivity contribution < 1.29 is 53.6 Å². The molecule has 8 rings (SSSR count). The maximum absolute atomic E-state index is 13.9. The fraction of sp³-hybridized carbons (Fsp3) is 0.644. The van der Waals surface area contributed by atoms with Crippen molar-refractivity contribution >= 4 is 51.2 Å². The Morgan fingerprint density at radius 3 is 2.43 bits per heavy atom. The molecule has 1 aromatic carbocycles. The van der Waals surface area contributed by atoms with Crippen LogP contribution in [0.2, 0.25) is 0 Å². The summed E-state index contributed by atoms with van der Waals surface area (Å²) in [6.45, 7) is 3.15. The van der Waals surface area contributed by atoms with E-state index in [-0.39, 0.29) is 65.6 Å². The van der Waals surface area contributed by atoms with E-state index in [9.17, 15) is 39.0 Å². The van der Waals surface area contributed by atoms with Crippen LogP contribution >= 0.6 is 15.9 Å². The number of aliphatic hydroxyl groups is 2. The Balaban J connectivity index is 0.852. The Labute approximate surface area is 357 Å². The number of ether oxygens (including phenoxy) is 2. The highest BCUT2D eigenvalue weighted by Gasteiger charge is 2.76. The molecule has 0 bridgehead atoms. The number of amides is 3. The van der Waals surface area contributed by atoms with Crippen LogP contribution in [-0.4, -0.2) is 99.0 Å². The smallest absolute Gasteiger partial charge is 0.303 e. The summed E-state index contributed by atoms with van der Waals surface area (Å²) >= 11 is 3.01. The zero-order valence-electron chi connectivity index (χ0n) is 34.1. The standard InChI is InChI=1S/C45H56BrN3O11/c1-42-12-11-29(51)14-27(42)7-8-30-31-15-35-45(34(53)23-50,43(31,2)20-33(52)39(30)42)60-41(59-35)26-5-3-24(4-6-26)13-25-16-44(17-25)18-28(19-44)48-40(58)32(9-10-38(56)57)49-37(55)22-47-36(54)21-46/h3-6,11-12,14,25,28,30-33,35,39,41,50,52H,7-10,13,15-23H2,1-2H3,(H,47,54)(H,48,58)(H,49,55)(H,56,57)/t25?,28?,30-,31-,32-,33-,35+,39+,41+,42-,43-,44?,45+/m0/s1. The van der Waals surface area contributed by atoms with Gasteiger partial charge in [-0.3, -0.25) is 28.8 Å². The average molecular weight is 895 g/mol. The van der Waals surface area contributed by atoms with Gasteiger partial charge in [-0.15, -0.1) is 0 Å². The molecule has 0 aromatic heterocycles. The second-order valence-corrected chi connectivity index (χ2v) is 19.7. The van der Waals surface area contributed by atoms with Gasteiger partial charge in [-0.05, 0) is 105 Å². The first-order valence-electron chi connectivity index (χ1n) is 21.4. The number of carbonyl (C=O) groups is 6. The average Bonchev–Trinajstić information content (AvgIpc) is 3.69. The topological polar surface area (TPSA) is 218 Å². The van der Waals surface area contributed by atoms with E-state index >= 15 is 0 Å². The summed E-state index contributed by atoms with van der Waals surface area (Å²) in [6.07, 6.45) is 9.84. The van der Waals surface area contributed by atoms with Gasteiger partial charge in [0.15, 0.2) is 23.5 Å². The summed E-state index contributed by atoms with van der Waals surface area (Å²) in [7, 11) is 0. The molecule has 1 saturated heterocycles. The number of carboxylic acids is 1. The molecule has 1 aromatic rings. The summed E-state index contributed by atoms with van der Waals surface area (Å²) in [5.41, 5.74) is 0.544. The SMILES string of the molecule is C[C@]12C=CC(=O)C=C1CC[C@@H]1[C@@H]2[C@@H](O)C[C@@]2(C)[C@H]1C[C@H]1O[C@@H](c3ccc(CC4CC5(C4)CC(NC(=O)[C@H](CCC(=O)O)NC(=O)CNC(=O)CBr)C5)cc3)O[C@]12C(=O)CO. The minimum atomic E-state index is -1.41. The van der Waals surface area contributed by atoms with Gasteiger partial charge in [-0.1, -0.05) is 65.7 Å². The van der Waals surface area contributed by atoms with Crippen molar-refractivity contribution in [2.45, 2.75) is 121 Å². The Bertz CT molecular complexity index is 1990. The van der Waals surface area contributed by atoms with Crippen LogP contribution in [0.25, 0.3) is 0 Å². The number of alkyl halides is 1. The number of ketones is 2. The summed E-state index contributed by atoms with van der Waals surface area (Å²) in [5.74, 6) is -2.42. The second kappa shape index (κ2) is 16.2. The molecule has 15 heteroatoms. The number of halogens is 1. The first kappa shape index (κ1) is 42.9. The molecule has 60 heavy (non-hydrogen) atoms. The third-order valence-electron chi connectivity index (χ3n) is 15.6. The van der Waals surface area contributed by atoms with E-state index in [0.29, 0.717) is 18.8 Å². The molecule has 1 heterocycles. The number of hydrogen-bond acceptors (Lipinski definition) is 10. The Morgan fingerprint density at radius 2 is 1.75 bits per heavy atom. The highest BCUT2D eigenvalue weighted by atomic mass is 79.9. The molecule has 3 amide bonds. The van der Waals surface area contributed by atoms with Crippen LogP contribution in [0.15, 0.2) is 48.1 Å². The van der Waals surface area contributed by atoms with Crippen LogP contribution in [0, 0.1) is 39.9 Å². The van der Waals surface area contributed by atoms with E-state index in [1.165, 1.54) is 0 Å². The van der Waals surface area contributed by atoms with Gasteiger partial charge < -0.3 is 40.7 Å². The van der Waals surface area contributed by atoms with Crippen molar-refractivity contribution in [1.29, 1.82) is 0 Å². The lowest BCUT2D eigenvalue weighted by Gasteiger charge is -2.59. The number of benzene rings is 1. The van der Waals surface area contributed by atoms with Crippen LogP contribution in [0.4, 0.5) is 0 Å². The number of aliphatic carboxylic acids is 1. The van der Waals surface area contributed by atoms with E-state index in [0.717, 1.165) is 61.6 Å². The fourth-order valence-corrected chi connectivity index (χ4v) is 13.2. The van der Waals surface area contributed by atoms with Crippen molar-refractivity contribution in [3.05, 3.63) is 59.2 Å². The van der Waals surface area contributed by atoms with Gasteiger partial charge >= 0.3 is 5.97 Å². The van der Waals surface area contributed by atoms with Crippen LogP contribution < -0.4 is 16.0 Å². The number of rotatable bonds is 14. The van der Waals surface area contributed by atoms with E-state index in [2.05, 4.69) is 50.9 Å². The quantitative estimate of drug-likeness (QED) is 0.149. The van der Waals surface area contributed by atoms with Gasteiger partial charge in [0.2, 0.25) is 17.7 Å². The molecule has 5 saturated carbocycles. The molecular formula is C45H56BrN3O11. The van der Waals surface area contributed by atoms with Crippen molar-refractivity contribution in [2.24, 2.45) is 39.9 Å². The summed E-state index contributed by atoms with van der Waals surface area (Å²) in [5, 5.41) is 39.4. The lowest BCUT2D eigenvalue weighted by atomic mass is 9.46. The van der Waals surface area contributed by atoms with E-state index in [4.69, 9.17) is 14.6 Å². The predicted octanol–water partition coefficient (Wildman–Crippen LogP) is 3.37. The number of hydrogen-bond donors (Lipinski definition) is 6. The highest BCUT2D eigenvalue weighted by molar-refractivity contribution is 9.09. The minimum absolute atomic E-state index is 0.0196. The van der Waals surface area contributed by atoms with Gasteiger partial charge in [-0.2, -0.15) is 0 Å². The minimum Gasteiger partial charge on any atom is -0.481 e.